The van der Waals surface area contributed by atoms with Crippen LogP contribution in [0.3, 0.4) is 0 Å². The highest BCUT2D eigenvalue weighted by molar-refractivity contribution is 7.90. The van der Waals surface area contributed by atoms with Crippen LogP contribution < -0.4 is 0 Å². The molecule has 2 aliphatic rings. The fraction of sp³-hybridized carbons (Fsp3) is 0.0417. The van der Waals surface area contributed by atoms with Gasteiger partial charge in [0.2, 0.25) is 0 Å². The zero-order valence-corrected chi connectivity index (χ0v) is 18.8. The topological polar surface area (TPSA) is 47.0 Å². The van der Waals surface area contributed by atoms with Crippen LogP contribution in [0.1, 0.15) is 26.4 Å². The summed E-state index contributed by atoms with van der Waals surface area (Å²) < 4.78 is 0. The van der Waals surface area contributed by atoms with Crippen LogP contribution in [0.15, 0.2) is 72.3 Å². The van der Waals surface area contributed by atoms with Gasteiger partial charge in [0.15, 0.2) is 17.0 Å². The van der Waals surface area contributed by atoms with E-state index in [1.807, 2.05) is 30.3 Å². The van der Waals surface area contributed by atoms with E-state index in [-0.39, 0.29) is 31.7 Å². The van der Waals surface area contributed by atoms with E-state index in [1.165, 1.54) is 12.1 Å². The van der Waals surface area contributed by atoms with Crippen molar-refractivity contribution in [2.24, 2.45) is 0 Å². The molecular formula is C24H11Cl2NO2S2. The second kappa shape index (κ2) is 7.24. The first kappa shape index (κ1) is 20.3. The van der Waals surface area contributed by atoms with Gasteiger partial charge in [-0.25, -0.2) is 0 Å². The standard InChI is InChI=1S/C24H11Cl2NO2S2/c25-14-9-10-15(26)20-19(14)22(28)24(23(20)29,13-5-3-7-17(30)21(13)31)18-11-8-12-4-1-2-6-16(12)27-18/h1-11H. The summed E-state index contributed by atoms with van der Waals surface area (Å²) in [5, 5.41) is 1.19. The highest BCUT2D eigenvalue weighted by Crippen LogP contribution is 2.49. The van der Waals surface area contributed by atoms with Crippen molar-refractivity contribution in [1.82, 2.24) is 4.98 Å². The summed E-state index contributed by atoms with van der Waals surface area (Å²) >= 11 is 23.7. The predicted molar refractivity (Wildman–Crippen MR) is 131 cm³/mol. The van der Waals surface area contributed by atoms with E-state index < -0.39 is 17.0 Å². The molecule has 0 bridgehead atoms. The SMILES string of the molecule is O=C1c2c(Cl)ccc(Cl)c2C(=O)C1(C1=CC=CC(=S)C1=S)c1ccc2ccccc2n1. The highest BCUT2D eigenvalue weighted by Gasteiger charge is 2.60. The van der Waals surface area contributed by atoms with E-state index in [2.05, 4.69) is 0 Å². The van der Waals surface area contributed by atoms with Crippen molar-refractivity contribution >= 4 is 79.8 Å². The summed E-state index contributed by atoms with van der Waals surface area (Å²) in [5.41, 5.74) is -0.426. The molecule has 150 valence electrons. The third-order valence-corrected chi connectivity index (χ3v) is 7.14. The second-order valence-corrected chi connectivity index (χ2v) is 8.87. The maximum absolute atomic E-state index is 14.0. The van der Waals surface area contributed by atoms with Crippen LogP contribution in [0.4, 0.5) is 0 Å². The highest BCUT2D eigenvalue weighted by atomic mass is 35.5. The van der Waals surface area contributed by atoms with Gasteiger partial charge < -0.3 is 0 Å². The van der Waals surface area contributed by atoms with Gasteiger partial charge in [-0.05, 0) is 35.9 Å². The Morgan fingerprint density at radius 2 is 1.48 bits per heavy atom. The number of hydrogen-bond donors (Lipinski definition) is 0. The third-order valence-electron chi connectivity index (χ3n) is 5.60. The summed E-state index contributed by atoms with van der Waals surface area (Å²) in [4.78, 5) is 33.4. The molecule has 3 aromatic rings. The van der Waals surface area contributed by atoms with Gasteiger partial charge in [0.25, 0.3) is 0 Å². The molecule has 2 aliphatic carbocycles. The molecule has 0 fully saturated rings. The molecule has 0 amide bonds. The minimum Gasteiger partial charge on any atom is -0.292 e. The number of aromatic nitrogens is 1. The first-order chi connectivity index (χ1) is 14.9. The molecule has 0 N–H and O–H groups in total. The average molecular weight is 480 g/mol. The lowest BCUT2D eigenvalue weighted by molar-refractivity contribution is 0.0828. The van der Waals surface area contributed by atoms with Gasteiger partial charge in [-0.2, -0.15) is 0 Å². The number of rotatable bonds is 2. The number of fused-ring (bicyclic) bond motifs is 2. The van der Waals surface area contributed by atoms with Crippen molar-refractivity contribution in [3.63, 3.8) is 0 Å². The Kier molecular flexibility index (Phi) is 4.75. The number of benzene rings is 2. The fourth-order valence-corrected chi connectivity index (χ4v) is 5.14. The monoisotopic (exact) mass is 479 g/mol. The zero-order valence-electron chi connectivity index (χ0n) is 15.7. The predicted octanol–water partition coefficient (Wildman–Crippen LogP) is 6.09. The number of pyridine rings is 1. The summed E-state index contributed by atoms with van der Waals surface area (Å²) in [6, 6.07) is 14.0. The Labute approximate surface area is 198 Å². The minimum atomic E-state index is -1.81. The molecule has 7 heteroatoms. The summed E-state index contributed by atoms with van der Waals surface area (Å²) in [7, 11) is 0. The normalized spacial score (nSPS) is 17.3. The first-order valence-corrected chi connectivity index (χ1v) is 10.9. The van der Waals surface area contributed by atoms with Crippen LogP contribution >= 0.6 is 47.6 Å². The van der Waals surface area contributed by atoms with Gasteiger partial charge in [-0.15, -0.1) is 0 Å². The van der Waals surface area contributed by atoms with E-state index in [1.54, 1.807) is 24.3 Å². The Hall–Kier alpha value is -2.57. The van der Waals surface area contributed by atoms with E-state index in [0.717, 1.165) is 5.39 Å². The number of para-hydroxylation sites is 1. The molecule has 0 saturated heterocycles. The van der Waals surface area contributed by atoms with Crippen LogP contribution in [-0.4, -0.2) is 26.3 Å². The average Bonchev–Trinajstić information content (AvgIpc) is 3.01. The van der Waals surface area contributed by atoms with E-state index >= 15 is 0 Å². The van der Waals surface area contributed by atoms with Crippen molar-refractivity contribution in [3.8, 4) is 0 Å². The van der Waals surface area contributed by atoms with Crippen LogP contribution in [-0.2, 0) is 5.41 Å². The maximum Gasteiger partial charge on any atom is 0.189 e. The molecule has 1 aromatic heterocycles. The van der Waals surface area contributed by atoms with E-state index in [9.17, 15) is 9.59 Å². The molecule has 2 aromatic carbocycles. The number of ketones is 2. The lowest BCUT2D eigenvalue weighted by Crippen LogP contribution is -2.45. The number of hydrogen-bond acceptors (Lipinski definition) is 5. The van der Waals surface area contributed by atoms with Crippen molar-refractivity contribution < 1.29 is 9.59 Å². The number of allylic oxidation sites excluding steroid dienone is 4. The quantitative estimate of drug-likeness (QED) is 0.328. The minimum absolute atomic E-state index is 0.0818. The molecular weight excluding hydrogens is 469 g/mol. The van der Waals surface area contributed by atoms with E-state index in [4.69, 9.17) is 52.6 Å². The van der Waals surface area contributed by atoms with Gasteiger partial charge in [0.1, 0.15) is 0 Å². The van der Waals surface area contributed by atoms with Crippen LogP contribution in [0.25, 0.3) is 10.9 Å². The van der Waals surface area contributed by atoms with Gasteiger partial charge >= 0.3 is 0 Å². The van der Waals surface area contributed by atoms with Crippen LogP contribution in [0.5, 0.6) is 0 Å². The third kappa shape index (κ3) is 2.74. The van der Waals surface area contributed by atoms with Crippen molar-refractivity contribution in [2.45, 2.75) is 5.41 Å². The van der Waals surface area contributed by atoms with Gasteiger partial charge in [-0.1, -0.05) is 84.1 Å². The number of carbonyl (C=O) groups is 2. The largest absolute Gasteiger partial charge is 0.292 e. The Morgan fingerprint density at radius 3 is 2.16 bits per heavy atom. The van der Waals surface area contributed by atoms with E-state index in [0.29, 0.717) is 16.0 Å². The first-order valence-electron chi connectivity index (χ1n) is 9.28. The van der Waals surface area contributed by atoms with Gasteiger partial charge in [0.05, 0.1) is 42.1 Å². The molecule has 0 atom stereocenters. The molecule has 3 nitrogen and oxygen atoms in total. The molecule has 0 saturated carbocycles. The van der Waals surface area contributed by atoms with Crippen molar-refractivity contribution in [3.05, 3.63) is 99.2 Å². The fourth-order valence-electron chi connectivity index (χ4n) is 4.18. The Balaban J connectivity index is 1.90. The molecule has 31 heavy (non-hydrogen) atoms. The van der Waals surface area contributed by atoms with Crippen LogP contribution in [0.2, 0.25) is 10.0 Å². The second-order valence-electron chi connectivity index (χ2n) is 7.21. The molecule has 0 unspecified atom stereocenters. The van der Waals surface area contributed by atoms with Gasteiger partial charge in [-0.3, -0.25) is 14.6 Å². The number of carbonyl (C=O) groups excluding carboxylic acids is 2. The van der Waals surface area contributed by atoms with Crippen LogP contribution in [0, 0.1) is 0 Å². The Bertz CT molecular complexity index is 1400. The maximum atomic E-state index is 14.0. The number of nitrogens with zero attached hydrogens (tertiary/aromatic N) is 1. The summed E-state index contributed by atoms with van der Waals surface area (Å²) in [6.07, 6.45) is 5.00. The Morgan fingerprint density at radius 1 is 0.839 bits per heavy atom. The number of thiocarbonyl (C=S) groups is 2. The smallest absolute Gasteiger partial charge is 0.189 e. The molecule has 0 radical (unpaired) electrons. The van der Waals surface area contributed by atoms with Crippen molar-refractivity contribution in [2.75, 3.05) is 0 Å². The molecule has 0 aliphatic heterocycles. The van der Waals surface area contributed by atoms with Crippen molar-refractivity contribution in [1.29, 1.82) is 0 Å². The lowest BCUT2D eigenvalue weighted by Gasteiger charge is -2.30. The lowest BCUT2D eigenvalue weighted by atomic mass is 9.70. The molecule has 1 heterocycles. The molecule has 5 rings (SSSR count). The van der Waals surface area contributed by atoms with Gasteiger partial charge in [0, 0.05) is 5.39 Å². The number of halogens is 2. The summed E-state index contributed by atoms with van der Waals surface area (Å²) in [5.74, 6) is -1.01. The summed E-state index contributed by atoms with van der Waals surface area (Å²) in [6.45, 7) is 0. The molecule has 0 spiro atoms. The zero-order chi connectivity index (χ0) is 21.9. The number of Topliss-reactive ketones (excluding diaryl/α,β-unsaturated/α-hetero) is 2.